The Hall–Kier alpha value is -2.03. The van der Waals surface area contributed by atoms with Crippen molar-refractivity contribution in [2.75, 3.05) is 6.54 Å². The minimum absolute atomic E-state index is 0.118. The van der Waals surface area contributed by atoms with Crippen LogP contribution >= 0.6 is 0 Å². The monoisotopic (exact) mass is 310 g/mol. The first-order valence-corrected chi connectivity index (χ1v) is 8.66. The maximum Gasteiger partial charge on any atom is 0.224 e. The fourth-order valence-electron chi connectivity index (χ4n) is 3.44. The van der Waals surface area contributed by atoms with Crippen LogP contribution in [0.15, 0.2) is 29.8 Å². The largest absolute Gasteiger partial charge is 0.358 e. The highest BCUT2D eigenvalue weighted by atomic mass is 16.1. The Bertz CT molecular complexity index is 739. The SMILES string of the molecule is Cc1ccc2[nH]c(C)c(CC(=O)NCCC3=CCCCC3)c2c1. The molecule has 2 N–H and O–H groups in total. The van der Waals surface area contributed by atoms with E-state index in [0.29, 0.717) is 6.42 Å². The van der Waals surface area contributed by atoms with Gasteiger partial charge in [0.1, 0.15) is 0 Å². The van der Waals surface area contributed by atoms with Crippen LogP contribution in [-0.2, 0) is 11.2 Å². The second kappa shape index (κ2) is 7.03. The van der Waals surface area contributed by atoms with Gasteiger partial charge in [0.25, 0.3) is 0 Å². The van der Waals surface area contributed by atoms with Crippen molar-refractivity contribution in [2.45, 2.75) is 52.4 Å². The molecule has 3 heteroatoms. The van der Waals surface area contributed by atoms with Crippen LogP contribution in [0.3, 0.4) is 0 Å². The lowest BCUT2D eigenvalue weighted by molar-refractivity contribution is -0.120. The number of carbonyl (C=O) groups is 1. The first kappa shape index (κ1) is 15.9. The molecule has 1 aromatic carbocycles. The number of carbonyl (C=O) groups excluding carboxylic acids is 1. The van der Waals surface area contributed by atoms with E-state index in [1.165, 1.54) is 42.2 Å². The molecular weight excluding hydrogens is 284 g/mol. The van der Waals surface area contributed by atoms with Gasteiger partial charge >= 0.3 is 0 Å². The van der Waals surface area contributed by atoms with Crippen LogP contribution in [0.1, 0.15) is 48.9 Å². The van der Waals surface area contributed by atoms with E-state index in [4.69, 9.17) is 0 Å². The predicted octanol–water partition coefficient (Wildman–Crippen LogP) is 4.33. The van der Waals surface area contributed by atoms with Crippen molar-refractivity contribution in [1.82, 2.24) is 10.3 Å². The Morgan fingerprint density at radius 1 is 1.26 bits per heavy atom. The summed E-state index contributed by atoms with van der Waals surface area (Å²) in [6.45, 7) is 4.89. The van der Waals surface area contributed by atoms with Crippen LogP contribution in [0.4, 0.5) is 0 Å². The lowest BCUT2D eigenvalue weighted by Gasteiger charge is -2.13. The lowest BCUT2D eigenvalue weighted by Crippen LogP contribution is -2.26. The zero-order valence-corrected chi connectivity index (χ0v) is 14.2. The van der Waals surface area contributed by atoms with Crippen LogP contribution in [0.2, 0.25) is 0 Å². The first-order chi connectivity index (χ1) is 11.1. The van der Waals surface area contributed by atoms with Gasteiger partial charge in [0, 0.05) is 23.1 Å². The third kappa shape index (κ3) is 3.84. The summed E-state index contributed by atoms with van der Waals surface area (Å²) < 4.78 is 0. The van der Waals surface area contributed by atoms with E-state index in [-0.39, 0.29) is 5.91 Å². The number of benzene rings is 1. The molecule has 0 saturated heterocycles. The number of fused-ring (bicyclic) bond motifs is 1. The Labute approximate surface area is 138 Å². The van der Waals surface area contributed by atoms with Gasteiger partial charge in [0.05, 0.1) is 6.42 Å². The second-order valence-corrected chi connectivity index (χ2v) is 6.66. The molecule has 0 radical (unpaired) electrons. The predicted molar refractivity (Wildman–Crippen MR) is 95.7 cm³/mol. The van der Waals surface area contributed by atoms with Gasteiger partial charge in [-0.25, -0.2) is 0 Å². The van der Waals surface area contributed by atoms with Crippen molar-refractivity contribution in [2.24, 2.45) is 0 Å². The zero-order valence-electron chi connectivity index (χ0n) is 14.2. The van der Waals surface area contributed by atoms with E-state index in [1.807, 2.05) is 6.92 Å². The normalized spacial score (nSPS) is 14.8. The molecule has 0 saturated carbocycles. The van der Waals surface area contributed by atoms with Gasteiger partial charge in [-0.15, -0.1) is 0 Å². The summed E-state index contributed by atoms with van der Waals surface area (Å²) in [5.41, 5.74) is 6.06. The van der Waals surface area contributed by atoms with Gasteiger partial charge in [-0.2, -0.15) is 0 Å². The number of hydrogen-bond acceptors (Lipinski definition) is 1. The molecule has 1 amide bonds. The summed E-state index contributed by atoms with van der Waals surface area (Å²) >= 11 is 0. The van der Waals surface area contributed by atoms with E-state index in [1.54, 1.807) is 0 Å². The molecule has 0 bridgehead atoms. The van der Waals surface area contributed by atoms with E-state index < -0.39 is 0 Å². The van der Waals surface area contributed by atoms with E-state index in [2.05, 4.69) is 41.5 Å². The third-order valence-electron chi connectivity index (χ3n) is 4.77. The molecule has 122 valence electrons. The molecule has 3 rings (SSSR count). The topological polar surface area (TPSA) is 44.9 Å². The van der Waals surface area contributed by atoms with Crippen molar-refractivity contribution >= 4 is 16.8 Å². The quantitative estimate of drug-likeness (QED) is 0.793. The molecule has 0 atom stereocenters. The molecule has 0 fully saturated rings. The molecule has 0 spiro atoms. The summed E-state index contributed by atoms with van der Waals surface area (Å²) in [7, 11) is 0. The molecule has 23 heavy (non-hydrogen) atoms. The van der Waals surface area contributed by atoms with Gasteiger partial charge in [-0.05, 0) is 63.6 Å². The van der Waals surface area contributed by atoms with Gasteiger partial charge in [-0.1, -0.05) is 23.3 Å². The van der Waals surface area contributed by atoms with Crippen LogP contribution in [0.25, 0.3) is 10.9 Å². The van der Waals surface area contributed by atoms with Crippen molar-refractivity contribution < 1.29 is 4.79 Å². The van der Waals surface area contributed by atoms with Gasteiger partial charge < -0.3 is 10.3 Å². The Kier molecular flexibility index (Phi) is 4.85. The second-order valence-electron chi connectivity index (χ2n) is 6.66. The third-order valence-corrected chi connectivity index (χ3v) is 4.77. The number of nitrogens with one attached hydrogen (secondary N) is 2. The van der Waals surface area contributed by atoms with Gasteiger partial charge in [-0.3, -0.25) is 4.79 Å². The molecule has 2 aromatic rings. The fraction of sp³-hybridized carbons (Fsp3) is 0.450. The molecule has 1 aliphatic rings. The summed E-state index contributed by atoms with van der Waals surface area (Å²) in [5.74, 6) is 0.118. The first-order valence-electron chi connectivity index (χ1n) is 8.66. The molecule has 1 aromatic heterocycles. The molecule has 0 unspecified atom stereocenters. The van der Waals surface area contributed by atoms with Crippen molar-refractivity contribution in [3.8, 4) is 0 Å². The lowest BCUT2D eigenvalue weighted by atomic mass is 9.97. The average Bonchev–Trinajstić information content (AvgIpc) is 2.84. The van der Waals surface area contributed by atoms with Crippen molar-refractivity contribution in [3.63, 3.8) is 0 Å². The van der Waals surface area contributed by atoms with E-state index in [9.17, 15) is 4.79 Å². The molecule has 1 heterocycles. The van der Waals surface area contributed by atoms with E-state index >= 15 is 0 Å². The van der Waals surface area contributed by atoms with E-state index in [0.717, 1.165) is 29.7 Å². The fourth-order valence-corrected chi connectivity index (χ4v) is 3.44. The smallest absolute Gasteiger partial charge is 0.224 e. The highest BCUT2D eigenvalue weighted by Crippen LogP contribution is 2.24. The minimum atomic E-state index is 0.118. The summed E-state index contributed by atoms with van der Waals surface area (Å²) in [4.78, 5) is 15.7. The number of allylic oxidation sites excluding steroid dienone is 1. The summed E-state index contributed by atoms with van der Waals surface area (Å²) in [5, 5.41) is 4.25. The molecule has 0 aliphatic heterocycles. The summed E-state index contributed by atoms with van der Waals surface area (Å²) in [6.07, 6.45) is 8.82. The maximum absolute atomic E-state index is 12.3. The van der Waals surface area contributed by atoms with Crippen molar-refractivity contribution in [3.05, 3.63) is 46.7 Å². The Morgan fingerprint density at radius 3 is 2.91 bits per heavy atom. The maximum atomic E-state index is 12.3. The van der Waals surface area contributed by atoms with Crippen LogP contribution in [0, 0.1) is 13.8 Å². The number of hydrogen-bond donors (Lipinski definition) is 2. The molecule has 3 nitrogen and oxygen atoms in total. The van der Waals surface area contributed by atoms with Crippen LogP contribution in [-0.4, -0.2) is 17.4 Å². The van der Waals surface area contributed by atoms with Crippen LogP contribution < -0.4 is 5.32 Å². The number of aryl methyl sites for hydroxylation is 2. The number of aromatic amines is 1. The Balaban J connectivity index is 1.60. The highest BCUT2D eigenvalue weighted by Gasteiger charge is 2.12. The standard InChI is InChI=1S/C20H26N2O/c1-14-8-9-19-18(12-14)17(15(2)22-19)13-20(23)21-11-10-16-6-4-3-5-7-16/h6,8-9,12,22H,3-5,7,10-11,13H2,1-2H3,(H,21,23). The molecular formula is C20H26N2O. The highest BCUT2D eigenvalue weighted by molar-refractivity contribution is 5.90. The van der Waals surface area contributed by atoms with Gasteiger partial charge in [0.2, 0.25) is 5.91 Å². The summed E-state index contributed by atoms with van der Waals surface area (Å²) in [6, 6.07) is 6.35. The van der Waals surface area contributed by atoms with Crippen molar-refractivity contribution in [1.29, 1.82) is 0 Å². The minimum Gasteiger partial charge on any atom is -0.358 e. The number of H-pyrrole nitrogens is 1. The number of rotatable bonds is 5. The number of aromatic nitrogens is 1. The Morgan fingerprint density at radius 2 is 2.13 bits per heavy atom. The zero-order chi connectivity index (χ0) is 16.2. The average molecular weight is 310 g/mol. The van der Waals surface area contributed by atoms with Gasteiger partial charge in [0.15, 0.2) is 0 Å². The van der Waals surface area contributed by atoms with Crippen LogP contribution in [0.5, 0.6) is 0 Å². The molecule has 1 aliphatic carbocycles. The number of amides is 1.